The molecule has 0 aliphatic carbocycles. The number of carbonyl (C=O) groups excluding carboxylic acids is 1. The van der Waals surface area contributed by atoms with E-state index in [-0.39, 0.29) is 18.3 Å². The fraction of sp³-hybridized carbons (Fsp3) is 0.438. The Hall–Kier alpha value is -2.12. The Morgan fingerprint density at radius 3 is 2.54 bits per heavy atom. The Labute approximate surface area is 147 Å². The van der Waals surface area contributed by atoms with E-state index in [1.165, 1.54) is 12.8 Å². The van der Waals surface area contributed by atoms with Crippen molar-refractivity contribution in [2.75, 3.05) is 30.4 Å². The maximum absolute atomic E-state index is 12.4. The molecule has 0 saturated carbocycles. The van der Waals surface area contributed by atoms with Gasteiger partial charge in [-0.3, -0.25) is 9.48 Å². The van der Waals surface area contributed by atoms with Crippen LogP contribution < -0.4 is 15.5 Å². The first-order valence-corrected chi connectivity index (χ1v) is 7.85. The number of nitrogens with one attached hydrogen (secondary N) is 2. The third-order valence-electron chi connectivity index (χ3n) is 4.08. The van der Waals surface area contributed by atoms with Crippen LogP contribution in [0.1, 0.15) is 24.4 Å². The number of rotatable bonds is 5. The summed E-state index contributed by atoms with van der Waals surface area (Å²) in [5, 5.41) is 9.96. The number of hydrogen-bond donors (Lipinski definition) is 2. The van der Waals surface area contributed by atoms with E-state index in [9.17, 15) is 4.79 Å². The van der Waals surface area contributed by atoms with Gasteiger partial charge in [-0.25, -0.2) is 4.98 Å². The Morgan fingerprint density at radius 2 is 2.00 bits per heavy atom. The summed E-state index contributed by atoms with van der Waals surface area (Å²) in [6, 6.07) is 3.40. The van der Waals surface area contributed by atoms with Gasteiger partial charge >= 0.3 is 0 Å². The van der Waals surface area contributed by atoms with E-state index in [2.05, 4.69) is 25.6 Å². The number of likely N-dealkylation sites (N-methyl/N-ethyl adjacent to an activating group) is 1. The number of aromatic nitrogens is 3. The number of amides is 1. The van der Waals surface area contributed by atoms with Crippen molar-refractivity contribution in [2.24, 2.45) is 7.05 Å². The van der Waals surface area contributed by atoms with E-state index in [1.807, 2.05) is 31.6 Å². The quantitative estimate of drug-likeness (QED) is 0.859. The van der Waals surface area contributed by atoms with Crippen molar-refractivity contribution in [1.82, 2.24) is 20.1 Å². The standard InChI is InChI=1S/C16H22N6O.ClH/c1-17-15(12-9-19-21(2)11-12)16(23)20-14-6-5-13(10-18-14)22-7-3-4-8-22;/h5-6,9-11,15,17H,3-4,7-8H2,1-2H3,(H,18,20,23);1H. The van der Waals surface area contributed by atoms with Gasteiger partial charge in [-0.15, -0.1) is 12.4 Å². The number of pyridine rings is 1. The lowest BCUT2D eigenvalue weighted by Gasteiger charge is -2.18. The summed E-state index contributed by atoms with van der Waals surface area (Å²) in [7, 11) is 3.58. The Kier molecular flexibility index (Phi) is 6.16. The molecule has 8 heteroatoms. The van der Waals surface area contributed by atoms with E-state index >= 15 is 0 Å². The molecule has 1 atom stereocenters. The van der Waals surface area contributed by atoms with Gasteiger partial charge in [0.2, 0.25) is 5.91 Å². The summed E-state index contributed by atoms with van der Waals surface area (Å²) in [5.74, 6) is 0.406. The second kappa shape index (κ2) is 8.12. The maximum Gasteiger partial charge on any atom is 0.247 e. The molecule has 3 rings (SSSR count). The first-order chi connectivity index (χ1) is 11.2. The molecule has 2 aromatic rings. The first kappa shape index (κ1) is 18.2. The van der Waals surface area contributed by atoms with Gasteiger partial charge in [-0.2, -0.15) is 5.10 Å². The van der Waals surface area contributed by atoms with E-state index in [0.29, 0.717) is 5.82 Å². The third kappa shape index (κ3) is 4.04. The van der Waals surface area contributed by atoms with E-state index in [0.717, 1.165) is 24.3 Å². The largest absolute Gasteiger partial charge is 0.370 e. The van der Waals surface area contributed by atoms with Gasteiger partial charge in [0.25, 0.3) is 0 Å². The van der Waals surface area contributed by atoms with Crippen LogP contribution in [0.5, 0.6) is 0 Å². The van der Waals surface area contributed by atoms with Crippen molar-refractivity contribution in [3.8, 4) is 0 Å². The topological polar surface area (TPSA) is 75.1 Å². The van der Waals surface area contributed by atoms with Gasteiger partial charge in [0.15, 0.2) is 0 Å². The number of anilines is 2. The predicted octanol–water partition coefficient (Wildman–Crippen LogP) is 1.74. The minimum atomic E-state index is -0.455. The summed E-state index contributed by atoms with van der Waals surface area (Å²) >= 11 is 0. The number of aryl methyl sites for hydroxylation is 1. The molecule has 1 amide bonds. The highest BCUT2D eigenvalue weighted by atomic mass is 35.5. The fourth-order valence-electron chi connectivity index (χ4n) is 2.86. The number of halogens is 1. The average Bonchev–Trinajstić information content (AvgIpc) is 3.21. The lowest BCUT2D eigenvalue weighted by atomic mass is 10.1. The molecule has 1 unspecified atom stereocenters. The van der Waals surface area contributed by atoms with E-state index in [1.54, 1.807) is 17.9 Å². The lowest BCUT2D eigenvalue weighted by Crippen LogP contribution is -2.30. The molecular weight excluding hydrogens is 328 g/mol. The minimum Gasteiger partial charge on any atom is -0.370 e. The minimum absolute atomic E-state index is 0. The van der Waals surface area contributed by atoms with E-state index in [4.69, 9.17) is 0 Å². The summed E-state index contributed by atoms with van der Waals surface area (Å²) in [6.07, 6.45) is 7.79. The molecule has 7 nitrogen and oxygen atoms in total. The van der Waals surface area contributed by atoms with Crippen molar-refractivity contribution in [3.63, 3.8) is 0 Å². The average molecular weight is 351 g/mol. The van der Waals surface area contributed by atoms with Crippen LogP contribution in [0.3, 0.4) is 0 Å². The van der Waals surface area contributed by atoms with Crippen LogP contribution in [0.4, 0.5) is 11.5 Å². The van der Waals surface area contributed by atoms with Crippen LogP contribution in [0, 0.1) is 0 Å². The molecule has 1 aliphatic rings. The van der Waals surface area contributed by atoms with Gasteiger partial charge in [0.1, 0.15) is 11.9 Å². The van der Waals surface area contributed by atoms with Crippen LogP contribution in [-0.2, 0) is 11.8 Å². The second-order valence-corrected chi connectivity index (χ2v) is 5.75. The van der Waals surface area contributed by atoms with Crippen LogP contribution in [0.2, 0.25) is 0 Å². The molecule has 130 valence electrons. The van der Waals surface area contributed by atoms with E-state index < -0.39 is 6.04 Å². The predicted molar refractivity (Wildman–Crippen MR) is 96.6 cm³/mol. The van der Waals surface area contributed by atoms with Crippen LogP contribution in [0.15, 0.2) is 30.7 Å². The molecule has 1 fully saturated rings. The number of hydrogen-bond acceptors (Lipinski definition) is 5. The van der Waals surface area contributed by atoms with Gasteiger partial charge < -0.3 is 15.5 Å². The molecule has 3 heterocycles. The molecule has 0 spiro atoms. The third-order valence-corrected chi connectivity index (χ3v) is 4.08. The van der Waals surface area contributed by atoms with Crippen LogP contribution >= 0.6 is 12.4 Å². The molecule has 0 radical (unpaired) electrons. The summed E-state index contributed by atoms with van der Waals surface area (Å²) in [6.45, 7) is 2.16. The van der Waals surface area contributed by atoms with Crippen LogP contribution in [0.25, 0.3) is 0 Å². The molecule has 2 N–H and O–H groups in total. The molecular formula is C16H23ClN6O. The summed E-state index contributed by atoms with van der Waals surface area (Å²) < 4.78 is 1.68. The van der Waals surface area contributed by atoms with Crippen molar-refractivity contribution in [1.29, 1.82) is 0 Å². The van der Waals surface area contributed by atoms with Gasteiger partial charge in [-0.1, -0.05) is 0 Å². The van der Waals surface area contributed by atoms with Crippen molar-refractivity contribution in [3.05, 3.63) is 36.3 Å². The molecule has 0 aromatic carbocycles. The smallest absolute Gasteiger partial charge is 0.247 e. The highest BCUT2D eigenvalue weighted by Crippen LogP contribution is 2.21. The highest BCUT2D eigenvalue weighted by molar-refractivity contribution is 5.94. The zero-order chi connectivity index (χ0) is 16.2. The molecule has 1 saturated heterocycles. The monoisotopic (exact) mass is 350 g/mol. The van der Waals surface area contributed by atoms with Gasteiger partial charge in [0, 0.05) is 31.9 Å². The Balaban J connectivity index is 0.00000208. The zero-order valence-corrected chi connectivity index (χ0v) is 14.7. The molecule has 1 aliphatic heterocycles. The zero-order valence-electron chi connectivity index (χ0n) is 13.9. The Morgan fingerprint density at radius 1 is 1.25 bits per heavy atom. The maximum atomic E-state index is 12.4. The number of carbonyl (C=O) groups is 1. The Bertz CT molecular complexity index is 665. The lowest BCUT2D eigenvalue weighted by molar-refractivity contribution is -0.118. The fourth-order valence-corrected chi connectivity index (χ4v) is 2.86. The first-order valence-electron chi connectivity index (χ1n) is 7.85. The summed E-state index contributed by atoms with van der Waals surface area (Å²) in [4.78, 5) is 19.1. The van der Waals surface area contributed by atoms with Crippen molar-refractivity contribution in [2.45, 2.75) is 18.9 Å². The highest BCUT2D eigenvalue weighted by Gasteiger charge is 2.20. The van der Waals surface area contributed by atoms with Crippen LogP contribution in [-0.4, -0.2) is 40.8 Å². The van der Waals surface area contributed by atoms with Crippen molar-refractivity contribution >= 4 is 29.8 Å². The second-order valence-electron chi connectivity index (χ2n) is 5.75. The van der Waals surface area contributed by atoms with Gasteiger partial charge in [-0.05, 0) is 32.0 Å². The van der Waals surface area contributed by atoms with Gasteiger partial charge in [0.05, 0.1) is 18.1 Å². The van der Waals surface area contributed by atoms with Crippen molar-refractivity contribution < 1.29 is 4.79 Å². The molecule has 24 heavy (non-hydrogen) atoms. The summed E-state index contributed by atoms with van der Waals surface area (Å²) in [5.41, 5.74) is 1.93. The SMILES string of the molecule is CNC(C(=O)Nc1ccc(N2CCCC2)cn1)c1cnn(C)c1.Cl. The molecule has 2 aromatic heterocycles. The normalized spacial score (nSPS) is 15.0. The molecule has 0 bridgehead atoms. The number of nitrogens with zero attached hydrogens (tertiary/aromatic N) is 4.